The average Bonchev–Trinajstić information content (AvgIpc) is 3.44. The molecule has 1 saturated heterocycles. The van der Waals surface area contributed by atoms with Crippen molar-refractivity contribution in [3.8, 4) is 0 Å². The van der Waals surface area contributed by atoms with E-state index in [1.165, 1.54) is 13.0 Å². The molecule has 2 heterocycles. The monoisotopic (exact) mass is 470 g/mol. The van der Waals surface area contributed by atoms with Crippen molar-refractivity contribution in [3.63, 3.8) is 0 Å². The first-order valence-electron chi connectivity index (χ1n) is 11.3. The molecule has 0 radical (unpaired) electrons. The molecule has 2 aliphatic heterocycles. The minimum Gasteiger partial charge on any atom is -0.324 e. The van der Waals surface area contributed by atoms with Gasteiger partial charge in [0.1, 0.15) is 0 Å². The number of nitrogens with zero attached hydrogens (tertiary/aromatic N) is 2. The fourth-order valence-corrected chi connectivity index (χ4v) is 5.63. The van der Waals surface area contributed by atoms with Crippen LogP contribution >= 0.6 is 0 Å². The zero-order valence-electron chi connectivity index (χ0n) is 19.2. The number of amides is 3. The van der Waals surface area contributed by atoms with Gasteiger partial charge in [0, 0.05) is 31.0 Å². The second kappa shape index (κ2) is 9.15. The predicted octanol–water partition coefficient (Wildman–Crippen LogP) is 3.19. The standard InChI is InChI=1S/C24H30N4O4S/c1-16-6-8-21(17(2)14-16)25-23(29)18(3)26-33(31,32)20-7-9-22-19(15-20)10-13-28(22)24(30)27-11-4-5-12-27/h6-9,14-15,18,26H,4-5,10-13H2,1-3H3,(H,25,29). The van der Waals surface area contributed by atoms with Crippen molar-refractivity contribution in [2.75, 3.05) is 29.9 Å². The van der Waals surface area contributed by atoms with Crippen molar-refractivity contribution in [1.29, 1.82) is 0 Å². The molecular formula is C24H30N4O4S. The molecule has 33 heavy (non-hydrogen) atoms. The second-order valence-electron chi connectivity index (χ2n) is 8.82. The Hall–Kier alpha value is -2.91. The summed E-state index contributed by atoms with van der Waals surface area (Å²) in [6, 6.07) is 9.45. The van der Waals surface area contributed by atoms with Gasteiger partial charge < -0.3 is 10.2 Å². The first-order chi connectivity index (χ1) is 15.7. The average molecular weight is 471 g/mol. The summed E-state index contributed by atoms with van der Waals surface area (Å²) < 4.78 is 28.4. The molecule has 0 spiro atoms. The second-order valence-corrected chi connectivity index (χ2v) is 10.5. The molecule has 3 amide bonds. The van der Waals surface area contributed by atoms with E-state index in [0.29, 0.717) is 18.7 Å². The van der Waals surface area contributed by atoms with Crippen LogP contribution < -0.4 is 14.9 Å². The highest BCUT2D eigenvalue weighted by molar-refractivity contribution is 7.89. The molecule has 0 aromatic heterocycles. The molecule has 0 bridgehead atoms. The molecule has 1 unspecified atom stereocenters. The van der Waals surface area contributed by atoms with Gasteiger partial charge in [0.2, 0.25) is 15.9 Å². The maximum absolute atomic E-state index is 13.0. The number of likely N-dealkylation sites (tertiary alicyclic amines) is 1. The highest BCUT2D eigenvalue weighted by Gasteiger charge is 2.31. The topological polar surface area (TPSA) is 98.8 Å². The number of aryl methyl sites for hydroxylation is 2. The summed E-state index contributed by atoms with van der Waals surface area (Å²) in [6.45, 7) is 7.44. The van der Waals surface area contributed by atoms with Gasteiger partial charge in [-0.3, -0.25) is 9.69 Å². The van der Waals surface area contributed by atoms with Crippen LogP contribution in [-0.4, -0.2) is 50.9 Å². The molecule has 2 aromatic carbocycles. The SMILES string of the molecule is Cc1ccc(NC(=O)C(C)NS(=O)(=O)c2ccc3c(c2)CCN3C(=O)N2CCCC2)c(C)c1. The van der Waals surface area contributed by atoms with E-state index in [9.17, 15) is 18.0 Å². The lowest BCUT2D eigenvalue weighted by Crippen LogP contribution is -2.41. The summed E-state index contributed by atoms with van der Waals surface area (Å²) in [4.78, 5) is 29.0. The lowest BCUT2D eigenvalue weighted by Gasteiger charge is -2.24. The van der Waals surface area contributed by atoms with Crippen LogP contribution in [0.5, 0.6) is 0 Å². The van der Waals surface area contributed by atoms with Crippen molar-refractivity contribution >= 4 is 33.3 Å². The van der Waals surface area contributed by atoms with Gasteiger partial charge in [-0.1, -0.05) is 17.7 Å². The number of sulfonamides is 1. The molecule has 2 N–H and O–H groups in total. The number of anilines is 2. The number of carbonyl (C=O) groups is 2. The van der Waals surface area contributed by atoms with E-state index in [0.717, 1.165) is 48.3 Å². The van der Waals surface area contributed by atoms with Crippen molar-refractivity contribution in [2.24, 2.45) is 0 Å². The van der Waals surface area contributed by atoms with E-state index in [4.69, 9.17) is 0 Å². The van der Waals surface area contributed by atoms with Crippen LogP contribution in [0.15, 0.2) is 41.3 Å². The summed E-state index contributed by atoms with van der Waals surface area (Å²) in [6.07, 6.45) is 2.63. The van der Waals surface area contributed by atoms with E-state index in [2.05, 4.69) is 10.0 Å². The number of hydrogen-bond acceptors (Lipinski definition) is 4. The van der Waals surface area contributed by atoms with Crippen LogP contribution in [0.3, 0.4) is 0 Å². The Balaban J connectivity index is 1.45. The van der Waals surface area contributed by atoms with Crippen molar-refractivity contribution in [1.82, 2.24) is 9.62 Å². The summed E-state index contributed by atoms with van der Waals surface area (Å²) in [5.41, 5.74) is 4.21. The smallest absolute Gasteiger partial charge is 0.324 e. The van der Waals surface area contributed by atoms with E-state index >= 15 is 0 Å². The Morgan fingerprint density at radius 1 is 1.00 bits per heavy atom. The third-order valence-corrected chi connectivity index (χ3v) is 7.77. The van der Waals surface area contributed by atoms with Gasteiger partial charge in [-0.05, 0) is 75.4 Å². The van der Waals surface area contributed by atoms with Gasteiger partial charge in [-0.25, -0.2) is 13.2 Å². The summed E-state index contributed by atoms with van der Waals surface area (Å²) in [5.74, 6) is -0.436. The minimum absolute atomic E-state index is 0.0170. The molecule has 4 rings (SSSR count). The summed E-state index contributed by atoms with van der Waals surface area (Å²) in [5, 5.41) is 2.78. The third-order valence-electron chi connectivity index (χ3n) is 6.23. The number of hydrogen-bond donors (Lipinski definition) is 2. The summed E-state index contributed by atoms with van der Waals surface area (Å²) in [7, 11) is -3.91. The van der Waals surface area contributed by atoms with Crippen LogP contribution in [0.1, 0.15) is 36.5 Å². The Bertz CT molecular complexity index is 1190. The van der Waals surface area contributed by atoms with E-state index < -0.39 is 22.0 Å². The first kappa shape index (κ1) is 23.3. The zero-order valence-corrected chi connectivity index (χ0v) is 20.0. The Morgan fingerprint density at radius 3 is 2.42 bits per heavy atom. The van der Waals surface area contributed by atoms with E-state index in [1.807, 2.05) is 30.9 Å². The quantitative estimate of drug-likeness (QED) is 0.701. The van der Waals surface area contributed by atoms with E-state index in [1.54, 1.807) is 23.1 Å². The molecule has 2 aliphatic rings. The van der Waals surface area contributed by atoms with Crippen molar-refractivity contribution in [3.05, 3.63) is 53.1 Å². The van der Waals surface area contributed by atoms with Crippen molar-refractivity contribution < 1.29 is 18.0 Å². The minimum atomic E-state index is -3.91. The number of nitrogens with one attached hydrogen (secondary N) is 2. The van der Waals surface area contributed by atoms with Gasteiger partial charge in [-0.2, -0.15) is 4.72 Å². The Kier molecular flexibility index (Phi) is 6.45. The van der Waals surface area contributed by atoms with Crippen molar-refractivity contribution in [2.45, 2.75) is 51.0 Å². The lowest BCUT2D eigenvalue weighted by molar-refractivity contribution is -0.117. The molecule has 2 aromatic rings. The molecule has 176 valence electrons. The molecule has 0 saturated carbocycles. The maximum Gasteiger partial charge on any atom is 0.324 e. The number of benzene rings is 2. The largest absolute Gasteiger partial charge is 0.324 e. The van der Waals surface area contributed by atoms with Gasteiger partial charge in [0.05, 0.1) is 10.9 Å². The highest BCUT2D eigenvalue weighted by Crippen LogP contribution is 2.31. The van der Waals surface area contributed by atoms with Crippen LogP contribution in [0.4, 0.5) is 16.2 Å². The molecule has 9 heteroatoms. The maximum atomic E-state index is 13.0. The normalized spacial score (nSPS) is 16.6. The van der Waals surface area contributed by atoms with Crippen LogP contribution in [-0.2, 0) is 21.2 Å². The van der Waals surface area contributed by atoms with Crippen LogP contribution in [0, 0.1) is 13.8 Å². The molecular weight excluding hydrogens is 440 g/mol. The highest BCUT2D eigenvalue weighted by atomic mass is 32.2. The molecule has 8 nitrogen and oxygen atoms in total. The summed E-state index contributed by atoms with van der Waals surface area (Å²) >= 11 is 0. The Labute approximate surface area is 195 Å². The fraction of sp³-hybridized carbons (Fsp3) is 0.417. The first-order valence-corrected chi connectivity index (χ1v) is 12.7. The molecule has 1 atom stereocenters. The third kappa shape index (κ3) is 4.89. The number of carbonyl (C=O) groups excluding carboxylic acids is 2. The number of urea groups is 1. The van der Waals surface area contributed by atoms with Gasteiger partial charge in [0.15, 0.2) is 0 Å². The van der Waals surface area contributed by atoms with Gasteiger partial charge >= 0.3 is 6.03 Å². The number of fused-ring (bicyclic) bond motifs is 1. The lowest BCUT2D eigenvalue weighted by atomic mass is 10.1. The van der Waals surface area contributed by atoms with Gasteiger partial charge in [-0.15, -0.1) is 0 Å². The predicted molar refractivity (Wildman–Crippen MR) is 128 cm³/mol. The zero-order chi connectivity index (χ0) is 23.8. The number of rotatable bonds is 5. The molecule has 0 aliphatic carbocycles. The van der Waals surface area contributed by atoms with Gasteiger partial charge in [0.25, 0.3) is 0 Å². The Morgan fingerprint density at radius 2 is 1.73 bits per heavy atom. The fourth-order valence-electron chi connectivity index (χ4n) is 4.37. The van der Waals surface area contributed by atoms with Crippen LogP contribution in [0.2, 0.25) is 0 Å². The van der Waals surface area contributed by atoms with Crippen LogP contribution in [0.25, 0.3) is 0 Å². The molecule has 1 fully saturated rings. The van der Waals surface area contributed by atoms with E-state index in [-0.39, 0.29) is 10.9 Å².